The summed E-state index contributed by atoms with van der Waals surface area (Å²) in [5, 5.41) is 12.4. The smallest absolute Gasteiger partial charge is 0.370 e. The molecule has 4 nitrogen and oxygen atoms in total. The Balaban J connectivity index is 2.88. The summed E-state index contributed by atoms with van der Waals surface area (Å²) in [4.78, 5) is 2.40. The van der Waals surface area contributed by atoms with E-state index in [4.69, 9.17) is 5.53 Å². The number of alkyl halides is 3. The van der Waals surface area contributed by atoms with E-state index in [9.17, 15) is 18.3 Å². The molecule has 0 aliphatic heterocycles. The number of azide groups is 1. The highest BCUT2D eigenvalue weighted by atomic mass is 19.4. The molecule has 0 aliphatic rings. The fourth-order valence-corrected chi connectivity index (χ4v) is 1.27. The van der Waals surface area contributed by atoms with Crippen LogP contribution in [0.5, 0.6) is 0 Å². The van der Waals surface area contributed by atoms with Gasteiger partial charge in [-0.15, -0.1) is 0 Å². The van der Waals surface area contributed by atoms with E-state index in [0.717, 1.165) is 6.42 Å². The molecule has 1 aromatic carbocycles. The summed E-state index contributed by atoms with van der Waals surface area (Å²) in [7, 11) is 0. The number of benzene rings is 1. The predicted molar refractivity (Wildman–Crippen MR) is 54.6 cm³/mol. The largest absolute Gasteiger partial charge is 0.403 e. The highest BCUT2D eigenvalue weighted by Crippen LogP contribution is 2.27. The van der Waals surface area contributed by atoms with Crippen molar-refractivity contribution >= 4 is 0 Å². The SMILES string of the molecule is [N-]=[N+]=NC(O)c1ccccc1[CH+]CC(F)(F)F. The quantitative estimate of drug-likeness (QED) is 0.374. The van der Waals surface area contributed by atoms with Gasteiger partial charge in [0.15, 0.2) is 0 Å². The van der Waals surface area contributed by atoms with E-state index in [2.05, 4.69) is 10.0 Å². The van der Waals surface area contributed by atoms with E-state index in [-0.39, 0.29) is 11.1 Å². The minimum atomic E-state index is -4.31. The van der Waals surface area contributed by atoms with Gasteiger partial charge in [-0.3, -0.25) is 0 Å². The van der Waals surface area contributed by atoms with Crippen LogP contribution in [0.1, 0.15) is 23.8 Å². The molecular weight excluding hydrogens is 235 g/mol. The summed E-state index contributed by atoms with van der Waals surface area (Å²) in [6.45, 7) is 0. The van der Waals surface area contributed by atoms with Crippen LogP contribution in [0.2, 0.25) is 0 Å². The highest BCUT2D eigenvalue weighted by Gasteiger charge is 2.30. The molecule has 0 aromatic heterocycles. The molecule has 0 heterocycles. The van der Waals surface area contributed by atoms with Gasteiger partial charge in [-0.05, 0) is 22.8 Å². The summed E-state index contributed by atoms with van der Waals surface area (Å²) >= 11 is 0. The molecule has 90 valence electrons. The number of rotatable bonds is 4. The first-order valence-corrected chi connectivity index (χ1v) is 4.65. The monoisotopic (exact) mass is 244 g/mol. The predicted octanol–water partition coefficient (Wildman–Crippen LogP) is 3.49. The first kappa shape index (κ1) is 13.2. The van der Waals surface area contributed by atoms with Crippen molar-refractivity contribution in [2.75, 3.05) is 0 Å². The summed E-state index contributed by atoms with van der Waals surface area (Å²) in [5.41, 5.74) is 8.50. The van der Waals surface area contributed by atoms with Gasteiger partial charge in [0.25, 0.3) is 0 Å². The zero-order valence-electron chi connectivity index (χ0n) is 8.59. The Labute approximate surface area is 95.3 Å². The molecule has 0 saturated heterocycles. The lowest BCUT2D eigenvalue weighted by Crippen LogP contribution is -2.08. The van der Waals surface area contributed by atoms with Crippen LogP contribution in [0.15, 0.2) is 29.4 Å². The van der Waals surface area contributed by atoms with E-state index in [1.54, 1.807) is 0 Å². The van der Waals surface area contributed by atoms with Crippen LogP contribution in [0.3, 0.4) is 0 Å². The van der Waals surface area contributed by atoms with Crippen LogP contribution in [-0.2, 0) is 0 Å². The minimum absolute atomic E-state index is 0.148. The van der Waals surface area contributed by atoms with Gasteiger partial charge >= 0.3 is 6.18 Å². The number of halogens is 3. The third kappa shape index (κ3) is 4.26. The van der Waals surface area contributed by atoms with E-state index in [1.165, 1.54) is 24.3 Å². The lowest BCUT2D eigenvalue weighted by Gasteiger charge is -2.05. The van der Waals surface area contributed by atoms with Crippen molar-refractivity contribution in [2.24, 2.45) is 5.11 Å². The molecule has 1 atom stereocenters. The molecule has 1 rings (SSSR count). The summed E-state index contributed by atoms with van der Waals surface area (Å²) < 4.78 is 36.1. The molecule has 0 bridgehead atoms. The number of hydrogen-bond acceptors (Lipinski definition) is 2. The minimum Gasteiger partial charge on any atom is -0.370 e. The number of nitrogens with zero attached hydrogens (tertiary/aromatic N) is 3. The average Bonchev–Trinajstić information content (AvgIpc) is 2.26. The fraction of sp³-hybridized carbons (Fsp3) is 0.300. The zero-order valence-corrected chi connectivity index (χ0v) is 8.59. The molecule has 0 spiro atoms. The second-order valence-electron chi connectivity index (χ2n) is 3.23. The van der Waals surface area contributed by atoms with Crippen molar-refractivity contribution in [2.45, 2.75) is 18.8 Å². The van der Waals surface area contributed by atoms with Crippen molar-refractivity contribution in [3.8, 4) is 0 Å². The maximum atomic E-state index is 12.0. The Morgan fingerprint density at radius 3 is 2.65 bits per heavy atom. The third-order valence-electron chi connectivity index (χ3n) is 1.99. The Morgan fingerprint density at radius 1 is 1.41 bits per heavy atom. The van der Waals surface area contributed by atoms with Gasteiger partial charge < -0.3 is 5.11 Å². The van der Waals surface area contributed by atoms with Crippen LogP contribution >= 0.6 is 0 Å². The van der Waals surface area contributed by atoms with Gasteiger partial charge in [0.1, 0.15) is 12.0 Å². The zero-order chi connectivity index (χ0) is 12.9. The Morgan fingerprint density at radius 2 is 2.06 bits per heavy atom. The van der Waals surface area contributed by atoms with Crippen LogP contribution < -0.4 is 0 Å². The molecular formula is C10H9F3N3O+. The molecule has 0 radical (unpaired) electrons. The molecule has 7 heteroatoms. The van der Waals surface area contributed by atoms with E-state index in [0.29, 0.717) is 0 Å². The topological polar surface area (TPSA) is 69.0 Å². The maximum absolute atomic E-state index is 12.0. The maximum Gasteiger partial charge on any atom is 0.403 e. The molecule has 1 unspecified atom stereocenters. The van der Waals surface area contributed by atoms with Crippen molar-refractivity contribution in [1.82, 2.24) is 0 Å². The van der Waals surface area contributed by atoms with Crippen LogP contribution in [0.4, 0.5) is 13.2 Å². The van der Waals surface area contributed by atoms with Crippen molar-refractivity contribution in [3.05, 3.63) is 52.3 Å². The fourth-order valence-electron chi connectivity index (χ4n) is 1.27. The van der Waals surface area contributed by atoms with E-state index < -0.39 is 18.8 Å². The Hall–Kier alpha value is -1.85. The molecule has 1 N–H and O–H groups in total. The van der Waals surface area contributed by atoms with Crippen LogP contribution in [0.25, 0.3) is 10.4 Å². The van der Waals surface area contributed by atoms with Crippen molar-refractivity contribution < 1.29 is 18.3 Å². The van der Waals surface area contributed by atoms with Gasteiger partial charge in [-0.1, -0.05) is 0 Å². The standard InChI is InChI=1S/C10H9F3N3O/c11-10(12,13)6-5-7-3-1-2-4-8(7)9(17)15-16-14/h1-5,9,17H,6H2/q+1. The number of aliphatic hydroxyl groups excluding tert-OH is 1. The summed E-state index contributed by atoms with van der Waals surface area (Å²) in [6, 6.07) is 5.89. The normalized spacial score (nSPS) is 12.7. The first-order chi connectivity index (χ1) is 7.94. The molecule has 1 aromatic rings. The average molecular weight is 244 g/mol. The summed E-state index contributed by atoms with van der Waals surface area (Å²) in [5.74, 6) is 0. The van der Waals surface area contributed by atoms with Crippen molar-refractivity contribution in [3.63, 3.8) is 0 Å². The molecule has 0 amide bonds. The second-order valence-corrected chi connectivity index (χ2v) is 3.23. The van der Waals surface area contributed by atoms with Gasteiger partial charge in [-0.2, -0.15) is 13.2 Å². The van der Waals surface area contributed by atoms with Gasteiger partial charge in [-0.25, -0.2) is 0 Å². The lowest BCUT2D eigenvalue weighted by molar-refractivity contribution is -0.127. The van der Waals surface area contributed by atoms with Crippen LogP contribution in [0, 0.1) is 6.42 Å². The van der Waals surface area contributed by atoms with Gasteiger partial charge in [0.2, 0.25) is 6.23 Å². The molecule has 0 fully saturated rings. The number of aliphatic hydroxyl groups is 1. The van der Waals surface area contributed by atoms with Gasteiger partial charge in [0, 0.05) is 23.5 Å². The summed E-state index contributed by atoms with van der Waals surface area (Å²) in [6.07, 6.45) is -5.96. The van der Waals surface area contributed by atoms with Crippen molar-refractivity contribution in [1.29, 1.82) is 0 Å². The third-order valence-corrected chi connectivity index (χ3v) is 1.99. The molecule has 0 aliphatic carbocycles. The number of hydrogen-bond donors (Lipinski definition) is 1. The van der Waals surface area contributed by atoms with Gasteiger partial charge in [0.05, 0.1) is 5.56 Å². The molecule has 17 heavy (non-hydrogen) atoms. The Kier molecular flexibility index (Phi) is 4.25. The Bertz CT molecular complexity index is 427. The van der Waals surface area contributed by atoms with E-state index >= 15 is 0 Å². The first-order valence-electron chi connectivity index (χ1n) is 4.65. The second kappa shape index (κ2) is 5.47. The lowest BCUT2D eigenvalue weighted by atomic mass is 10.0. The van der Waals surface area contributed by atoms with Crippen LogP contribution in [-0.4, -0.2) is 11.3 Å². The van der Waals surface area contributed by atoms with E-state index in [1.807, 2.05) is 0 Å². The highest BCUT2D eigenvalue weighted by molar-refractivity contribution is 5.34. The molecule has 0 saturated carbocycles.